The van der Waals surface area contributed by atoms with E-state index in [4.69, 9.17) is 4.42 Å². The van der Waals surface area contributed by atoms with Crippen LogP contribution in [-0.2, 0) is 0 Å². The van der Waals surface area contributed by atoms with Crippen molar-refractivity contribution < 1.29 is 4.42 Å². The van der Waals surface area contributed by atoms with Crippen LogP contribution in [0.25, 0.3) is 66.1 Å². The van der Waals surface area contributed by atoms with Crippen LogP contribution in [0.2, 0.25) is 0 Å². The molecule has 9 rings (SSSR count). The minimum absolute atomic E-state index is 0.925. The van der Waals surface area contributed by atoms with Gasteiger partial charge in [-0.05, 0) is 105 Å². The molecule has 0 saturated heterocycles. The van der Waals surface area contributed by atoms with Crippen molar-refractivity contribution in [3.63, 3.8) is 0 Å². The maximum Gasteiger partial charge on any atom is 0.136 e. The van der Waals surface area contributed by atoms with Crippen molar-refractivity contribution in [1.82, 2.24) is 0 Å². The topological polar surface area (TPSA) is 16.4 Å². The predicted molar refractivity (Wildman–Crippen MR) is 202 cm³/mol. The van der Waals surface area contributed by atoms with E-state index in [9.17, 15) is 0 Å². The summed E-state index contributed by atoms with van der Waals surface area (Å²) in [5, 5.41) is 4.75. The summed E-state index contributed by atoms with van der Waals surface area (Å²) in [6.45, 7) is 0. The normalized spacial score (nSPS) is 11.3. The molecule has 0 aliphatic heterocycles. The number of hydrogen-bond acceptors (Lipinski definition) is 2. The van der Waals surface area contributed by atoms with Gasteiger partial charge in [-0.3, -0.25) is 0 Å². The third-order valence-electron chi connectivity index (χ3n) is 9.24. The van der Waals surface area contributed by atoms with Gasteiger partial charge >= 0.3 is 0 Å². The number of fused-ring (bicyclic) bond motifs is 5. The molecule has 0 fully saturated rings. The third-order valence-corrected chi connectivity index (χ3v) is 9.24. The molecule has 48 heavy (non-hydrogen) atoms. The van der Waals surface area contributed by atoms with Gasteiger partial charge in [0, 0.05) is 27.8 Å². The van der Waals surface area contributed by atoms with Crippen LogP contribution in [0.3, 0.4) is 0 Å². The molecule has 0 spiro atoms. The maximum absolute atomic E-state index is 6.14. The van der Waals surface area contributed by atoms with Gasteiger partial charge in [0.25, 0.3) is 0 Å². The molecule has 1 heterocycles. The van der Waals surface area contributed by atoms with Crippen molar-refractivity contribution >= 4 is 49.8 Å². The Hall–Kier alpha value is -6.38. The summed E-state index contributed by atoms with van der Waals surface area (Å²) >= 11 is 0. The zero-order chi connectivity index (χ0) is 31.9. The van der Waals surface area contributed by atoms with Gasteiger partial charge in [0.05, 0.1) is 0 Å². The monoisotopic (exact) mass is 613 g/mol. The number of nitrogens with zero attached hydrogens (tertiary/aromatic N) is 1. The second-order valence-corrected chi connectivity index (χ2v) is 12.2. The van der Waals surface area contributed by atoms with E-state index in [1.807, 2.05) is 12.1 Å². The Labute approximate surface area is 279 Å². The minimum atomic E-state index is 0.925. The second kappa shape index (κ2) is 11.8. The number of benzene rings is 8. The number of rotatable bonds is 6. The Kier molecular flexibility index (Phi) is 6.84. The molecule has 9 aromatic rings. The highest BCUT2D eigenvalue weighted by Crippen LogP contribution is 2.39. The lowest BCUT2D eigenvalue weighted by molar-refractivity contribution is 0.669. The van der Waals surface area contributed by atoms with Crippen molar-refractivity contribution in [3.8, 4) is 33.4 Å². The van der Waals surface area contributed by atoms with Crippen molar-refractivity contribution in [2.75, 3.05) is 4.90 Å². The zero-order valence-corrected chi connectivity index (χ0v) is 26.3. The molecule has 8 aromatic carbocycles. The van der Waals surface area contributed by atoms with E-state index in [1.165, 1.54) is 49.5 Å². The Morgan fingerprint density at radius 1 is 0.312 bits per heavy atom. The fourth-order valence-corrected chi connectivity index (χ4v) is 6.89. The lowest BCUT2D eigenvalue weighted by Crippen LogP contribution is -2.09. The lowest BCUT2D eigenvalue weighted by atomic mass is 9.95. The SMILES string of the molecule is c1ccc(-c2ccc(N(c3ccccc3)c3cccc(-c4cccc(-c5ccc6c(ccc7oc8ccccc8c76)c5)c4)c3)cc2)cc1. The number of para-hydroxylation sites is 2. The average Bonchev–Trinajstić information content (AvgIpc) is 3.55. The largest absolute Gasteiger partial charge is 0.456 e. The molecule has 0 atom stereocenters. The van der Waals surface area contributed by atoms with Crippen LogP contribution < -0.4 is 4.90 Å². The minimum Gasteiger partial charge on any atom is -0.456 e. The van der Waals surface area contributed by atoms with Gasteiger partial charge in [-0.2, -0.15) is 0 Å². The van der Waals surface area contributed by atoms with Gasteiger partial charge in [-0.1, -0.05) is 127 Å². The first kappa shape index (κ1) is 27.9. The summed E-state index contributed by atoms with van der Waals surface area (Å²) in [7, 11) is 0. The summed E-state index contributed by atoms with van der Waals surface area (Å²) < 4.78 is 6.14. The summed E-state index contributed by atoms with van der Waals surface area (Å²) in [4.78, 5) is 2.33. The molecule has 0 bridgehead atoms. The molecule has 2 nitrogen and oxygen atoms in total. The first-order valence-corrected chi connectivity index (χ1v) is 16.3. The zero-order valence-electron chi connectivity index (χ0n) is 26.3. The van der Waals surface area contributed by atoms with Crippen molar-refractivity contribution in [3.05, 3.63) is 188 Å². The number of anilines is 3. The summed E-state index contributed by atoms with van der Waals surface area (Å²) in [6, 6.07) is 66.9. The smallest absolute Gasteiger partial charge is 0.136 e. The predicted octanol–water partition coefficient (Wildman–Crippen LogP) is 13.2. The van der Waals surface area contributed by atoms with Crippen molar-refractivity contribution in [1.29, 1.82) is 0 Å². The average molecular weight is 614 g/mol. The van der Waals surface area contributed by atoms with Crippen LogP contribution in [0, 0.1) is 0 Å². The first-order valence-electron chi connectivity index (χ1n) is 16.3. The van der Waals surface area contributed by atoms with Gasteiger partial charge < -0.3 is 9.32 Å². The van der Waals surface area contributed by atoms with Crippen LogP contribution in [0.1, 0.15) is 0 Å². The molecule has 0 saturated carbocycles. The Balaban J connectivity index is 1.08. The van der Waals surface area contributed by atoms with Crippen LogP contribution in [0.5, 0.6) is 0 Å². The third kappa shape index (κ3) is 5.01. The maximum atomic E-state index is 6.14. The number of hydrogen-bond donors (Lipinski definition) is 0. The summed E-state index contributed by atoms with van der Waals surface area (Å²) in [5.41, 5.74) is 12.3. The number of furan rings is 1. The molecule has 2 heteroatoms. The van der Waals surface area contributed by atoms with Crippen LogP contribution in [0.4, 0.5) is 17.1 Å². The van der Waals surface area contributed by atoms with Gasteiger partial charge in [0.15, 0.2) is 0 Å². The van der Waals surface area contributed by atoms with E-state index in [0.717, 1.165) is 33.6 Å². The molecule has 0 radical (unpaired) electrons. The van der Waals surface area contributed by atoms with Crippen LogP contribution in [0.15, 0.2) is 192 Å². The molecule has 0 amide bonds. The molecular weight excluding hydrogens is 583 g/mol. The fourth-order valence-electron chi connectivity index (χ4n) is 6.89. The molecule has 226 valence electrons. The van der Waals surface area contributed by atoms with E-state index in [1.54, 1.807) is 0 Å². The highest BCUT2D eigenvalue weighted by atomic mass is 16.3. The summed E-state index contributed by atoms with van der Waals surface area (Å²) in [6.07, 6.45) is 0. The fraction of sp³-hybridized carbons (Fsp3) is 0. The van der Waals surface area contributed by atoms with Gasteiger partial charge in [-0.25, -0.2) is 0 Å². The second-order valence-electron chi connectivity index (χ2n) is 12.2. The highest BCUT2D eigenvalue weighted by Gasteiger charge is 2.15. The van der Waals surface area contributed by atoms with E-state index in [-0.39, 0.29) is 0 Å². The van der Waals surface area contributed by atoms with Gasteiger partial charge in [-0.15, -0.1) is 0 Å². The van der Waals surface area contributed by atoms with Gasteiger partial charge in [0.2, 0.25) is 0 Å². The van der Waals surface area contributed by atoms with E-state index in [2.05, 4.69) is 181 Å². The molecular formula is C46H31NO. The Morgan fingerprint density at radius 2 is 0.875 bits per heavy atom. The molecule has 0 aliphatic carbocycles. The van der Waals surface area contributed by atoms with Gasteiger partial charge in [0.1, 0.15) is 11.2 Å². The van der Waals surface area contributed by atoms with Crippen LogP contribution >= 0.6 is 0 Å². The molecule has 1 aromatic heterocycles. The molecule has 0 aliphatic rings. The van der Waals surface area contributed by atoms with E-state index < -0.39 is 0 Å². The van der Waals surface area contributed by atoms with E-state index in [0.29, 0.717) is 0 Å². The quantitative estimate of drug-likeness (QED) is 0.185. The Morgan fingerprint density at radius 3 is 1.67 bits per heavy atom. The molecule has 0 unspecified atom stereocenters. The van der Waals surface area contributed by atoms with Crippen LogP contribution in [-0.4, -0.2) is 0 Å². The van der Waals surface area contributed by atoms with Crippen molar-refractivity contribution in [2.45, 2.75) is 0 Å². The lowest BCUT2D eigenvalue weighted by Gasteiger charge is -2.26. The Bertz CT molecular complexity index is 2550. The standard InChI is InChI=1S/C46H31NO/c1-3-11-32(12-4-1)33-21-25-40(26-22-33)47(39-16-5-2-6-17-39)41-18-10-15-36(31-41)34-13-9-14-35(29-34)37-23-27-42-38(30-37)24-28-45-46(42)43-19-7-8-20-44(43)48-45/h1-31H. The summed E-state index contributed by atoms with van der Waals surface area (Å²) in [5.74, 6) is 0. The first-order chi connectivity index (χ1) is 23.8. The molecule has 0 N–H and O–H groups in total. The van der Waals surface area contributed by atoms with Crippen molar-refractivity contribution in [2.24, 2.45) is 0 Å². The highest BCUT2D eigenvalue weighted by molar-refractivity contribution is 6.19. The van der Waals surface area contributed by atoms with E-state index >= 15 is 0 Å².